The number of carboxylic acid groups (broad SMARTS) is 1. The average Bonchev–Trinajstić information content (AvgIpc) is 2.19. The van der Waals surface area contributed by atoms with E-state index in [9.17, 15) is 9.90 Å². The molecule has 0 saturated carbocycles. The number of carbonyl (C=O) groups is 1. The van der Waals surface area contributed by atoms with Crippen molar-refractivity contribution < 1.29 is 15.0 Å². The molecule has 0 aliphatic carbocycles. The zero-order valence-corrected chi connectivity index (χ0v) is 9.15. The number of phenolic OH excluding ortho intramolecular Hbond substituents is 1. The second-order valence-corrected chi connectivity index (χ2v) is 3.99. The predicted octanol–water partition coefficient (Wildman–Crippen LogP) is 3.01. The third-order valence-corrected chi connectivity index (χ3v) is 2.83. The molecule has 15 heavy (non-hydrogen) atoms. The van der Waals surface area contributed by atoms with Gasteiger partial charge in [-0.1, -0.05) is 28.1 Å². The van der Waals surface area contributed by atoms with Gasteiger partial charge in [0.2, 0.25) is 0 Å². The van der Waals surface area contributed by atoms with Gasteiger partial charge in [0.1, 0.15) is 5.75 Å². The Labute approximate surface area is 94.1 Å². The molecule has 0 heterocycles. The molecule has 4 heteroatoms. The van der Waals surface area contributed by atoms with Crippen molar-refractivity contribution in [2.45, 2.75) is 0 Å². The lowest BCUT2D eigenvalue weighted by molar-refractivity contribution is 0.0697. The summed E-state index contributed by atoms with van der Waals surface area (Å²) in [5, 5.41) is 19.8. The molecule has 76 valence electrons. The van der Waals surface area contributed by atoms with Gasteiger partial charge in [-0.25, -0.2) is 4.79 Å². The van der Waals surface area contributed by atoms with Crippen LogP contribution in [0.3, 0.4) is 0 Å². The summed E-state index contributed by atoms with van der Waals surface area (Å²) in [6.45, 7) is 0. The van der Waals surface area contributed by atoms with Crippen LogP contribution in [0.15, 0.2) is 34.8 Å². The van der Waals surface area contributed by atoms with Gasteiger partial charge >= 0.3 is 5.97 Å². The van der Waals surface area contributed by atoms with Gasteiger partial charge in [0.25, 0.3) is 0 Å². The van der Waals surface area contributed by atoms with E-state index in [1.165, 1.54) is 18.2 Å². The monoisotopic (exact) mass is 266 g/mol. The van der Waals surface area contributed by atoms with E-state index >= 15 is 0 Å². The lowest BCUT2D eigenvalue weighted by atomic mass is 10.1. The zero-order chi connectivity index (χ0) is 11.0. The molecule has 0 aliphatic heterocycles. The smallest absolute Gasteiger partial charge is 0.335 e. The van der Waals surface area contributed by atoms with E-state index in [0.29, 0.717) is 9.86 Å². The Morgan fingerprint density at radius 3 is 2.60 bits per heavy atom. The first-order chi connectivity index (χ1) is 7.09. The third kappa shape index (κ3) is 1.68. The lowest BCUT2D eigenvalue weighted by Crippen LogP contribution is -1.96. The van der Waals surface area contributed by atoms with Crippen molar-refractivity contribution in [1.29, 1.82) is 0 Å². The number of halogens is 1. The van der Waals surface area contributed by atoms with Crippen LogP contribution in [0.1, 0.15) is 10.4 Å². The van der Waals surface area contributed by atoms with Crippen LogP contribution in [0, 0.1) is 0 Å². The van der Waals surface area contributed by atoms with Crippen LogP contribution < -0.4 is 0 Å². The molecule has 0 bridgehead atoms. The summed E-state index contributed by atoms with van der Waals surface area (Å²) >= 11 is 3.28. The minimum atomic E-state index is -1.01. The highest BCUT2D eigenvalue weighted by Crippen LogP contribution is 2.31. The van der Waals surface area contributed by atoms with Gasteiger partial charge in [-0.2, -0.15) is 0 Å². The highest BCUT2D eigenvalue weighted by Gasteiger charge is 2.09. The Morgan fingerprint density at radius 1 is 1.20 bits per heavy atom. The van der Waals surface area contributed by atoms with Crippen molar-refractivity contribution in [2.24, 2.45) is 0 Å². The first-order valence-corrected chi connectivity index (χ1v) is 5.03. The number of phenols is 1. The number of hydrogen-bond acceptors (Lipinski definition) is 2. The molecule has 2 aromatic carbocycles. The van der Waals surface area contributed by atoms with E-state index in [4.69, 9.17) is 5.11 Å². The molecule has 0 aromatic heterocycles. The second-order valence-electron chi connectivity index (χ2n) is 3.14. The molecular formula is C11H7BrO3. The molecule has 0 atom stereocenters. The van der Waals surface area contributed by atoms with E-state index in [-0.39, 0.29) is 11.3 Å². The topological polar surface area (TPSA) is 57.5 Å². The Bertz CT molecular complexity index is 549. The zero-order valence-electron chi connectivity index (χ0n) is 7.57. The van der Waals surface area contributed by atoms with Crippen molar-refractivity contribution >= 4 is 32.7 Å². The summed E-state index contributed by atoms with van der Waals surface area (Å²) in [7, 11) is 0. The Hall–Kier alpha value is -1.55. The molecule has 2 rings (SSSR count). The molecule has 2 aromatic rings. The number of aromatic hydroxyl groups is 1. The maximum atomic E-state index is 10.8. The summed E-state index contributed by atoms with van der Waals surface area (Å²) < 4.78 is 0.660. The van der Waals surface area contributed by atoms with Crippen LogP contribution in [0.2, 0.25) is 0 Å². The molecule has 2 N–H and O–H groups in total. The number of aromatic carboxylic acids is 1. The van der Waals surface area contributed by atoms with Crippen molar-refractivity contribution in [1.82, 2.24) is 0 Å². The van der Waals surface area contributed by atoms with Gasteiger partial charge in [0.15, 0.2) is 0 Å². The van der Waals surface area contributed by atoms with Crippen molar-refractivity contribution in [3.05, 3.63) is 40.4 Å². The summed E-state index contributed by atoms with van der Waals surface area (Å²) in [5.41, 5.74) is 0.149. The van der Waals surface area contributed by atoms with Gasteiger partial charge in [0.05, 0.1) is 5.56 Å². The predicted molar refractivity (Wildman–Crippen MR) is 60.3 cm³/mol. The van der Waals surface area contributed by atoms with Gasteiger partial charge in [-0.05, 0) is 23.6 Å². The van der Waals surface area contributed by atoms with Crippen LogP contribution in [-0.4, -0.2) is 16.2 Å². The SMILES string of the molecule is O=C(O)c1cc(Br)c2cccc(O)c2c1. The number of benzene rings is 2. The van der Waals surface area contributed by atoms with E-state index in [1.54, 1.807) is 6.07 Å². The largest absolute Gasteiger partial charge is 0.507 e. The van der Waals surface area contributed by atoms with Crippen molar-refractivity contribution in [2.75, 3.05) is 0 Å². The van der Waals surface area contributed by atoms with E-state index in [1.807, 2.05) is 6.07 Å². The van der Waals surface area contributed by atoms with Gasteiger partial charge in [-0.3, -0.25) is 0 Å². The Kier molecular flexibility index (Phi) is 2.36. The molecule has 0 fully saturated rings. The van der Waals surface area contributed by atoms with Gasteiger partial charge in [-0.15, -0.1) is 0 Å². The van der Waals surface area contributed by atoms with E-state index < -0.39 is 5.97 Å². The van der Waals surface area contributed by atoms with E-state index in [0.717, 1.165) is 5.39 Å². The second kappa shape index (κ2) is 3.55. The molecule has 0 saturated heterocycles. The molecule has 0 aliphatic rings. The standard InChI is InChI=1S/C11H7BrO3/c12-9-5-6(11(14)15)4-8-7(9)2-1-3-10(8)13/h1-5,13H,(H,14,15). The molecule has 0 spiro atoms. The molecule has 0 radical (unpaired) electrons. The van der Waals surface area contributed by atoms with Crippen molar-refractivity contribution in [3.8, 4) is 5.75 Å². The number of rotatable bonds is 1. The fraction of sp³-hybridized carbons (Fsp3) is 0. The summed E-state index contributed by atoms with van der Waals surface area (Å²) in [4.78, 5) is 10.8. The van der Waals surface area contributed by atoms with Crippen LogP contribution in [-0.2, 0) is 0 Å². The van der Waals surface area contributed by atoms with E-state index in [2.05, 4.69) is 15.9 Å². The first-order valence-electron chi connectivity index (χ1n) is 4.24. The van der Waals surface area contributed by atoms with Crippen LogP contribution >= 0.6 is 15.9 Å². The maximum Gasteiger partial charge on any atom is 0.335 e. The van der Waals surface area contributed by atoms with Crippen LogP contribution in [0.4, 0.5) is 0 Å². The number of fused-ring (bicyclic) bond motifs is 1. The quantitative estimate of drug-likeness (QED) is 0.834. The molecular weight excluding hydrogens is 260 g/mol. The molecule has 0 amide bonds. The fourth-order valence-electron chi connectivity index (χ4n) is 1.45. The Balaban J connectivity index is 2.85. The average molecular weight is 267 g/mol. The summed E-state index contributed by atoms with van der Waals surface area (Å²) in [6.07, 6.45) is 0. The van der Waals surface area contributed by atoms with Crippen LogP contribution in [0.25, 0.3) is 10.8 Å². The summed E-state index contributed by atoms with van der Waals surface area (Å²) in [5.74, 6) is -0.933. The third-order valence-electron chi connectivity index (χ3n) is 2.17. The number of carboxylic acids is 1. The molecule has 3 nitrogen and oxygen atoms in total. The normalized spacial score (nSPS) is 10.5. The van der Waals surface area contributed by atoms with Gasteiger partial charge < -0.3 is 10.2 Å². The van der Waals surface area contributed by atoms with Crippen LogP contribution in [0.5, 0.6) is 5.75 Å². The first kappa shape index (κ1) is 9.98. The minimum Gasteiger partial charge on any atom is -0.507 e. The Morgan fingerprint density at radius 2 is 1.93 bits per heavy atom. The van der Waals surface area contributed by atoms with Crippen molar-refractivity contribution in [3.63, 3.8) is 0 Å². The minimum absolute atomic E-state index is 0.0799. The highest BCUT2D eigenvalue weighted by molar-refractivity contribution is 9.10. The van der Waals surface area contributed by atoms with Gasteiger partial charge in [0, 0.05) is 9.86 Å². The molecule has 0 unspecified atom stereocenters. The summed E-state index contributed by atoms with van der Waals surface area (Å²) in [6, 6.07) is 8.02. The fourth-order valence-corrected chi connectivity index (χ4v) is 2.04. The maximum absolute atomic E-state index is 10.8. The lowest BCUT2D eigenvalue weighted by Gasteiger charge is -2.04. The highest BCUT2D eigenvalue weighted by atomic mass is 79.9. The number of hydrogen-bond donors (Lipinski definition) is 2.